The summed E-state index contributed by atoms with van der Waals surface area (Å²) in [7, 11) is -3.56. The Labute approximate surface area is 278 Å². The highest BCUT2D eigenvalue weighted by molar-refractivity contribution is 7.89. The molecule has 1 amide bonds. The van der Waals surface area contributed by atoms with Gasteiger partial charge in [0.2, 0.25) is 21.8 Å². The first-order valence-electron chi connectivity index (χ1n) is 15.7. The van der Waals surface area contributed by atoms with E-state index in [1.54, 1.807) is 60.8 Å². The number of rotatable bonds is 11. The minimum Gasteiger partial charge on any atom is -0.490 e. The van der Waals surface area contributed by atoms with E-state index in [2.05, 4.69) is 15.0 Å². The number of hydrogen-bond acceptors (Lipinski definition) is 7. The van der Waals surface area contributed by atoms with Crippen LogP contribution in [0.2, 0.25) is 0 Å². The number of benzene rings is 4. The lowest BCUT2D eigenvalue weighted by atomic mass is 9.93. The van der Waals surface area contributed by atoms with Crippen LogP contribution >= 0.6 is 0 Å². The molecule has 0 spiro atoms. The molecule has 10 nitrogen and oxygen atoms in total. The molecule has 1 aromatic heterocycles. The van der Waals surface area contributed by atoms with E-state index in [4.69, 9.17) is 9.47 Å². The molecule has 1 heterocycles. The zero-order chi connectivity index (χ0) is 33.7. The Morgan fingerprint density at radius 2 is 1.54 bits per heavy atom. The number of pyridine rings is 1. The van der Waals surface area contributed by atoms with Crippen LogP contribution < -0.4 is 19.5 Å². The minimum atomic E-state index is -3.56. The number of aromatic carboxylic acids is 1. The zero-order valence-corrected chi connectivity index (χ0v) is 27.1. The molecule has 1 aliphatic rings. The summed E-state index contributed by atoms with van der Waals surface area (Å²) in [5.41, 5.74) is 1.92. The van der Waals surface area contributed by atoms with Crippen molar-refractivity contribution < 1.29 is 32.6 Å². The van der Waals surface area contributed by atoms with E-state index in [0.717, 1.165) is 34.9 Å². The number of amides is 1. The van der Waals surface area contributed by atoms with E-state index >= 15 is 0 Å². The highest BCUT2D eigenvalue weighted by Gasteiger charge is 2.27. The number of anilines is 1. The van der Waals surface area contributed by atoms with Crippen molar-refractivity contribution in [1.82, 2.24) is 9.71 Å². The van der Waals surface area contributed by atoms with E-state index in [9.17, 15) is 23.1 Å². The lowest BCUT2D eigenvalue weighted by Gasteiger charge is -2.29. The van der Waals surface area contributed by atoms with Gasteiger partial charge < -0.3 is 19.9 Å². The second-order valence-corrected chi connectivity index (χ2v) is 13.6. The van der Waals surface area contributed by atoms with Crippen LogP contribution in [0.25, 0.3) is 10.8 Å². The minimum absolute atomic E-state index is 0.00543. The van der Waals surface area contributed by atoms with Crippen molar-refractivity contribution in [3.05, 3.63) is 120 Å². The Kier molecular flexibility index (Phi) is 9.70. The van der Waals surface area contributed by atoms with Crippen LogP contribution in [0.5, 0.6) is 17.4 Å². The molecule has 3 N–H and O–H groups in total. The average molecular weight is 666 g/mol. The summed E-state index contributed by atoms with van der Waals surface area (Å²) >= 11 is 0. The van der Waals surface area contributed by atoms with Gasteiger partial charge in [-0.15, -0.1) is 0 Å². The molecule has 1 saturated carbocycles. The van der Waals surface area contributed by atoms with E-state index in [0.29, 0.717) is 30.0 Å². The van der Waals surface area contributed by atoms with Crippen molar-refractivity contribution in [3.63, 3.8) is 0 Å². The van der Waals surface area contributed by atoms with Crippen molar-refractivity contribution in [3.8, 4) is 17.4 Å². The Morgan fingerprint density at radius 3 is 2.23 bits per heavy atom. The SMILES string of the molecule is Cc1ccc(S(=O)(=O)NC2CCC(Oc3ccc4cc(Oc5ccc(CC(=O)Nc6ccccc6C(=O)O)cn5)ccc4c3)CC2)cc1. The highest BCUT2D eigenvalue weighted by atomic mass is 32.2. The van der Waals surface area contributed by atoms with Gasteiger partial charge >= 0.3 is 5.97 Å². The van der Waals surface area contributed by atoms with Crippen LogP contribution in [-0.4, -0.2) is 42.5 Å². The molecule has 0 radical (unpaired) electrons. The largest absolute Gasteiger partial charge is 0.490 e. The molecule has 4 aromatic carbocycles. The number of carbonyl (C=O) groups excluding carboxylic acids is 1. The number of carboxylic acid groups (broad SMARTS) is 1. The molecule has 1 fully saturated rings. The molecule has 11 heteroatoms. The van der Waals surface area contributed by atoms with Gasteiger partial charge in [-0.25, -0.2) is 22.9 Å². The van der Waals surface area contributed by atoms with Crippen LogP contribution in [0.3, 0.4) is 0 Å². The fourth-order valence-electron chi connectivity index (χ4n) is 5.69. The summed E-state index contributed by atoms with van der Waals surface area (Å²) in [5, 5.41) is 13.9. The Morgan fingerprint density at radius 1 is 0.854 bits per heavy atom. The third-order valence-electron chi connectivity index (χ3n) is 8.23. The smallest absolute Gasteiger partial charge is 0.337 e. The van der Waals surface area contributed by atoms with Gasteiger partial charge in [-0.1, -0.05) is 48.0 Å². The van der Waals surface area contributed by atoms with Gasteiger partial charge in [0.1, 0.15) is 11.5 Å². The molecule has 0 aliphatic heterocycles. The topological polar surface area (TPSA) is 144 Å². The summed E-state index contributed by atoms with van der Waals surface area (Å²) in [5.74, 6) is 0.256. The van der Waals surface area contributed by atoms with Gasteiger partial charge in [-0.2, -0.15) is 0 Å². The number of fused-ring (bicyclic) bond motifs is 1. The van der Waals surface area contributed by atoms with E-state index in [-0.39, 0.29) is 40.6 Å². The number of carboxylic acids is 1. The molecular formula is C37H35N3O7S. The third-order valence-corrected chi connectivity index (χ3v) is 9.77. The van der Waals surface area contributed by atoms with E-state index in [1.807, 2.05) is 43.3 Å². The normalized spacial score (nSPS) is 16.3. The molecule has 246 valence electrons. The number of ether oxygens (including phenoxy) is 2. The molecule has 6 rings (SSSR count). The molecule has 1 aliphatic carbocycles. The highest BCUT2D eigenvalue weighted by Crippen LogP contribution is 2.30. The summed E-state index contributed by atoms with van der Waals surface area (Å²) in [4.78, 5) is 28.5. The Balaban J connectivity index is 0.998. The lowest BCUT2D eigenvalue weighted by Crippen LogP contribution is -2.39. The fourth-order valence-corrected chi connectivity index (χ4v) is 6.99. The van der Waals surface area contributed by atoms with E-state index < -0.39 is 16.0 Å². The molecule has 0 atom stereocenters. The summed E-state index contributed by atoms with van der Waals surface area (Å²) in [6.45, 7) is 1.93. The van der Waals surface area contributed by atoms with Crippen LogP contribution in [0.15, 0.2) is 108 Å². The van der Waals surface area contributed by atoms with Crippen molar-refractivity contribution >= 4 is 38.4 Å². The van der Waals surface area contributed by atoms with Crippen LogP contribution in [0, 0.1) is 6.92 Å². The first-order valence-corrected chi connectivity index (χ1v) is 17.1. The number of aryl methyl sites for hydroxylation is 1. The van der Waals surface area contributed by atoms with Crippen LogP contribution in [0.4, 0.5) is 5.69 Å². The predicted octanol–water partition coefficient (Wildman–Crippen LogP) is 6.88. The second kappa shape index (κ2) is 14.2. The maximum absolute atomic E-state index is 12.8. The number of sulfonamides is 1. The Bertz CT molecular complexity index is 2040. The fraction of sp³-hybridized carbons (Fsp3) is 0.216. The molecule has 48 heavy (non-hydrogen) atoms. The molecule has 0 saturated heterocycles. The second-order valence-electron chi connectivity index (χ2n) is 11.9. The van der Waals surface area contributed by atoms with Gasteiger partial charge in [0, 0.05) is 18.3 Å². The molecule has 5 aromatic rings. The lowest BCUT2D eigenvalue weighted by molar-refractivity contribution is -0.115. The average Bonchev–Trinajstić information content (AvgIpc) is 3.07. The van der Waals surface area contributed by atoms with Crippen molar-refractivity contribution in [2.45, 2.75) is 56.1 Å². The van der Waals surface area contributed by atoms with Gasteiger partial charge in [0.05, 0.1) is 28.7 Å². The van der Waals surface area contributed by atoms with Crippen LogP contribution in [0.1, 0.15) is 47.2 Å². The van der Waals surface area contributed by atoms with Crippen molar-refractivity contribution in [2.24, 2.45) is 0 Å². The number of para-hydroxylation sites is 1. The molecular weight excluding hydrogens is 630 g/mol. The monoisotopic (exact) mass is 665 g/mol. The quantitative estimate of drug-likeness (QED) is 0.139. The number of hydrogen-bond donors (Lipinski definition) is 3. The predicted molar refractivity (Wildman–Crippen MR) is 182 cm³/mol. The Hall–Kier alpha value is -5.26. The summed E-state index contributed by atoms with van der Waals surface area (Å²) < 4.78 is 40.6. The standard InChI is InChI=1S/C37H35N3O7S/c1-24-6-17-32(18-7-24)48(44,45)40-28-11-15-29(16-12-28)46-30-13-9-27-22-31(14-10-26(27)21-30)47-36-19-8-25(23-38-36)20-35(41)39-34-5-3-2-4-33(34)37(42)43/h2-10,13-14,17-19,21-23,28-29,40H,11-12,15-16,20H2,1H3,(H,39,41)(H,42,43). The summed E-state index contributed by atoms with van der Waals surface area (Å²) in [6.07, 6.45) is 4.49. The van der Waals surface area contributed by atoms with E-state index in [1.165, 1.54) is 6.07 Å². The molecule has 0 bridgehead atoms. The van der Waals surface area contributed by atoms with Crippen molar-refractivity contribution in [1.29, 1.82) is 0 Å². The van der Waals surface area contributed by atoms with Crippen molar-refractivity contribution in [2.75, 3.05) is 5.32 Å². The van der Waals surface area contributed by atoms with Gasteiger partial charge in [0.15, 0.2) is 0 Å². The third kappa shape index (κ3) is 8.17. The number of aromatic nitrogens is 1. The van der Waals surface area contributed by atoms with Gasteiger partial charge in [-0.05, 0) is 97.5 Å². The summed E-state index contributed by atoms with van der Waals surface area (Å²) in [6, 6.07) is 28.0. The number of nitrogens with one attached hydrogen (secondary N) is 2. The zero-order valence-electron chi connectivity index (χ0n) is 26.3. The van der Waals surface area contributed by atoms with Gasteiger partial charge in [-0.3, -0.25) is 4.79 Å². The molecule has 0 unspecified atom stereocenters. The number of nitrogens with zero attached hydrogens (tertiary/aromatic N) is 1. The first kappa shape index (κ1) is 32.7. The van der Waals surface area contributed by atoms with Gasteiger partial charge in [0.25, 0.3) is 0 Å². The maximum atomic E-state index is 12.8. The van der Waals surface area contributed by atoms with Crippen LogP contribution in [-0.2, 0) is 21.2 Å². The maximum Gasteiger partial charge on any atom is 0.337 e. The first-order chi connectivity index (χ1) is 23.1. The number of carbonyl (C=O) groups is 2.